The summed E-state index contributed by atoms with van der Waals surface area (Å²) >= 11 is 0. The molecule has 0 aromatic carbocycles. The topological polar surface area (TPSA) is 646 Å². The molecule has 0 aromatic rings. The average Bonchev–Trinajstić information content (AvgIpc) is 3.14. The molecule has 0 radical (unpaired) electrons. The van der Waals surface area contributed by atoms with Crippen molar-refractivity contribution in [1.29, 1.82) is 0 Å². The molecule has 1 rings (SSSR count). The van der Waals surface area contributed by atoms with E-state index in [-0.39, 0.29) is 140 Å². The van der Waals surface area contributed by atoms with Gasteiger partial charge in [0.05, 0.1) is 6.10 Å². The van der Waals surface area contributed by atoms with E-state index >= 15 is 0 Å². The highest BCUT2D eigenvalue weighted by Gasteiger charge is 2.39. The zero-order valence-electron chi connectivity index (χ0n) is 50.2. The van der Waals surface area contributed by atoms with Crippen LogP contribution in [0.1, 0.15) is 124 Å². The number of aliphatic carboxylic acids is 1. The van der Waals surface area contributed by atoms with E-state index in [1.54, 1.807) is 0 Å². The molecule has 0 spiro atoms. The lowest BCUT2D eigenvalue weighted by Gasteiger charge is -2.28. The van der Waals surface area contributed by atoms with E-state index in [0.29, 0.717) is 32.1 Å². The minimum atomic E-state index is -1.47. The van der Waals surface area contributed by atoms with Crippen molar-refractivity contribution in [2.24, 2.45) is 83.0 Å². The summed E-state index contributed by atoms with van der Waals surface area (Å²) in [5.41, 5.74) is 61.3. The number of aliphatic imine (C=N–C) groups is 4. The number of nitrogens with two attached hydrogens (primary N) is 11. The number of hydrogen-bond acceptors (Lipinski definition) is 18. The monoisotopic (exact) mass is 1240 g/mol. The van der Waals surface area contributed by atoms with Gasteiger partial charge in [0, 0.05) is 32.7 Å². The fourth-order valence-electron chi connectivity index (χ4n) is 8.74. The highest BCUT2D eigenvalue weighted by Crippen LogP contribution is 2.19. The van der Waals surface area contributed by atoms with Crippen LogP contribution in [0, 0.1) is 0 Å². The number of amides is 9. The summed E-state index contributed by atoms with van der Waals surface area (Å²) < 4.78 is 0. The molecule has 1 fully saturated rings. The maximum absolute atomic E-state index is 14.5. The zero-order chi connectivity index (χ0) is 65.8. The van der Waals surface area contributed by atoms with Crippen LogP contribution in [0.5, 0.6) is 0 Å². The Kier molecular flexibility index (Phi) is 36.7. The standard InChI is InChI=1S/C51H98N24O12/c1-27(68-45(84)36-19-12-26-75(36)46(85)37(54)29(3)76)38(77)67-28(2)39(78)69-32(15-8-22-63-48(55)56)41(80)72-34(17-10-24-65-50(59)60)43(82)73-33(16-9-23-64-49(57)58)42(81)70-30(13-4-6-20-52)40(79)71-31(14-5-7-21-53)44(83)74-35(47(86)87)18-11-25-66-51(61)62/h27-37,76H,4-26,52-54H2,1-3H3,(H,67,77)(H,68,84)(H,69,78)(H,70,81)(H,71,79)(H,72,80)(H,73,82)(H,74,83)(H,86,87)(H4,55,56,63)(H4,57,58,64)(H4,59,60,65)(H4,61,62,66)/t27-,28-,29+,30-,31-,32-,33-,34-,35-,36-,37-/m0/s1. The molecule has 0 aromatic heterocycles. The molecule has 1 heterocycles. The number of hydrogen-bond donors (Lipinski definition) is 21. The molecule has 11 atom stereocenters. The smallest absolute Gasteiger partial charge is 0.326 e. The lowest BCUT2D eigenvalue weighted by atomic mass is 10.0. The minimum absolute atomic E-state index is 0.000886. The molecular formula is C51H98N24O12. The molecule has 0 aliphatic carbocycles. The van der Waals surface area contributed by atoms with Crippen molar-refractivity contribution in [1.82, 2.24) is 47.4 Å². The normalized spacial score (nSPS) is 16.1. The van der Waals surface area contributed by atoms with Gasteiger partial charge >= 0.3 is 5.97 Å². The van der Waals surface area contributed by atoms with Crippen molar-refractivity contribution in [3.63, 3.8) is 0 Å². The Balaban J connectivity index is 3.60. The van der Waals surface area contributed by atoms with Gasteiger partial charge in [0.25, 0.3) is 0 Å². The first-order valence-corrected chi connectivity index (χ1v) is 29.1. The fraction of sp³-hybridized carbons (Fsp3) is 0.725. The van der Waals surface area contributed by atoms with E-state index in [2.05, 4.69) is 62.5 Å². The third-order valence-electron chi connectivity index (χ3n) is 13.6. The van der Waals surface area contributed by atoms with Gasteiger partial charge in [-0.2, -0.15) is 0 Å². The van der Waals surface area contributed by atoms with Crippen molar-refractivity contribution in [3.8, 4) is 0 Å². The second-order valence-corrected chi connectivity index (χ2v) is 21.0. The number of carbonyl (C=O) groups excluding carboxylic acids is 9. The molecule has 0 bridgehead atoms. The largest absolute Gasteiger partial charge is 0.480 e. The molecule has 0 saturated carbocycles. The minimum Gasteiger partial charge on any atom is -0.480 e. The number of unbranched alkanes of at least 4 members (excludes halogenated alkanes) is 2. The van der Waals surface area contributed by atoms with Crippen LogP contribution in [0.4, 0.5) is 0 Å². The summed E-state index contributed by atoms with van der Waals surface area (Å²) in [6, 6.07) is -13.2. The van der Waals surface area contributed by atoms with Crippen molar-refractivity contribution in [2.45, 2.75) is 190 Å². The van der Waals surface area contributed by atoms with Crippen LogP contribution in [0.3, 0.4) is 0 Å². The Morgan fingerprint density at radius 1 is 0.448 bits per heavy atom. The number of aliphatic hydroxyl groups excluding tert-OH is 1. The van der Waals surface area contributed by atoms with Crippen LogP contribution in [-0.4, -0.2) is 210 Å². The number of carbonyl (C=O) groups is 10. The number of nitrogens with one attached hydrogen (secondary N) is 8. The molecule has 494 valence electrons. The van der Waals surface area contributed by atoms with Gasteiger partial charge in [0.2, 0.25) is 53.2 Å². The second-order valence-electron chi connectivity index (χ2n) is 21.0. The first kappa shape index (κ1) is 76.6. The van der Waals surface area contributed by atoms with E-state index in [1.807, 2.05) is 0 Å². The summed E-state index contributed by atoms with van der Waals surface area (Å²) in [6.07, 6.45) is 1.06. The van der Waals surface area contributed by atoms with Crippen molar-refractivity contribution in [3.05, 3.63) is 0 Å². The van der Waals surface area contributed by atoms with Gasteiger partial charge in [0.1, 0.15) is 60.4 Å². The number of carboxylic acids is 1. The molecule has 1 aliphatic rings. The van der Waals surface area contributed by atoms with Crippen LogP contribution in [0.15, 0.2) is 20.0 Å². The molecule has 32 N–H and O–H groups in total. The van der Waals surface area contributed by atoms with Gasteiger partial charge in [-0.25, -0.2) is 4.79 Å². The quantitative estimate of drug-likeness (QED) is 0.0153. The molecule has 1 saturated heterocycles. The molecular weight excluding hydrogens is 1140 g/mol. The Labute approximate surface area is 506 Å². The van der Waals surface area contributed by atoms with Gasteiger partial charge in [0.15, 0.2) is 23.8 Å². The second kappa shape index (κ2) is 41.6. The van der Waals surface area contributed by atoms with E-state index < -0.39 is 126 Å². The first-order valence-electron chi connectivity index (χ1n) is 29.1. The van der Waals surface area contributed by atoms with Crippen LogP contribution in [-0.2, 0) is 47.9 Å². The summed E-state index contributed by atoms with van der Waals surface area (Å²) in [5, 5.41) is 40.5. The number of guanidine groups is 4. The summed E-state index contributed by atoms with van der Waals surface area (Å²) in [4.78, 5) is 154. The third kappa shape index (κ3) is 31.0. The Bertz CT molecular complexity index is 2360. The molecule has 1 aliphatic heterocycles. The predicted molar refractivity (Wildman–Crippen MR) is 324 cm³/mol. The van der Waals surface area contributed by atoms with Gasteiger partial charge in [-0.15, -0.1) is 0 Å². The summed E-state index contributed by atoms with van der Waals surface area (Å²) in [6.45, 7) is 4.74. The third-order valence-corrected chi connectivity index (χ3v) is 13.6. The van der Waals surface area contributed by atoms with E-state index in [9.17, 15) is 58.2 Å². The predicted octanol–water partition coefficient (Wildman–Crippen LogP) is -8.84. The number of aliphatic hydroxyl groups is 1. The van der Waals surface area contributed by atoms with Crippen molar-refractivity contribution < 1.29 is 58.2 Å². The van der Waals surface area contributed by atoms with Gasteiger partial charge in [-0.05, 0) is 137 Å². The maximum atomic E-state index is 14.5. The fourth-order valence-corrected chi connectivity index (χ4v) is 8.74. The molecule has 36 nitrogen and oxygen atoms in total. The Morgan fingerprint density at radius 3 is 1.07 bits per heavy atom. The van der Waals surface area contributed by atoms with E-state index in [4.69, 9.17) is 63.1 Å². The number of rotatable bonds is 43. The summed E-state index contributed by atoms with van der Waals surface area (Å²) in [7, 11) is 0. The van der Waals surface area contributed by atoms with Gasteiger partial charge in [-0.1, -0.05) is 0 Å². The van der Waals surface area contributed by atoms with E-state index in [1.165, 1.54) is 25.7 Å². The van der Waals surface area contributed by atoms with Crippen LogP contribution in [0.2, 0.25) is 0 Å². The SMILES string of the molecule is C[C@H](NC(=O)[C@H](C)NC(=O)[C@@H]1CCCN1C(=O)[C@@H](N)[C@@H](C)O)C(=O)N[C@@H](CCCN=C(N)N)C(=O)N[C@@H](CCCN=C(N)N)C(=O)N[C@@H](CCCN=C(N)N)C(=O)N[C@@H](CCCCN)C(=O)N[C@@H](CCCCN)C(=O)N[C@@H](CCCN=C(N)N)C(=O)O. The van der Waals surface area contributed by atoms with Crippen molar-refractivity contribution >= 4 is 83.0 Å². The zero-order valence-corrected chi connectivity index (χ0v) is 50.2. The molecule has 9 amide bonds. The van der Waals surface area contributed by atoms with Crippen LogP contribution >= 0.6 is 0 Å². The van der Waals surface area contributed by atoms with Crippen LogP contribution in [0.25, 0.3) is 0 Å². The number of carboxylic acid groups (broad SMARTS) is 1. The molecule has 87 heavy (non-hydrogen) atoms. The molecule has 36 heteroatoms. The number of likely N-dealkylation sites (tertiary alicyclic amines) is 1. The number of nitrogens with zero attached hydrogens (tertiary/aromatic N) is 5. The van der Waals surface area contributed by atoms with Gasteiger partial charge in [-0.3, -0.25) is 63.1 Å². The summed E-state index contributed by atoms with van der Waals surface area (Å²) in [5.74, 6) is -9.67. The first-order chi connectivity index (χ1) is 41.0. The highest BCUT2D eigenvalue weighted by atomic mass is 16.4. The lowest BCUT2D eigenvalue weighted by Crippen LogP contribution is -2.60. The van der Waals surface area contributed by atoms with Crippen LogP contribution < -0.4 is 106 Å². The lowest BCUT2D eigenvalue weighted by molar-refractivity contribution is -0.142. The average molecular weight is 1240 g/mol. The molecule has 0 unspecified atom stereocenters. The van der Waals surface area contributed by atoms with E-state index in [0.717, 1.165) is 0 Å². The maximum Gasteiger partial charge on any atom is 0.326 e. The Hall–Kier alpha value is -8.38. The Morgan fingerprint density at radius 2 is 0.747 bits per heavy atom. The highest BCUT2D eigenvalue weighted by molar-refractivity contribution is 5.98. The van der Waals surface area contributed by atoms with Crippen molar-refractivity contribution in [2.75, 3.05) is 45.8 Å². The van der Waals surface area contributed by atoms with Gasteiger partial charge < -0.3 is 121 Å².